The van der Waals surface area contributed by atoms with Gasteiger partial charge in [-0.15, -0.1) is 0 Å². The van der Waals surface area contributed by atoms with E-state index in [1.807, 2.05) is 66.7 Å². The highest BCUT2D eigenvalue weighted by Crippen LogP contribution is 2.44. The smallest absolute Gasteiger partial charge is 0.414 e. The van der Waals surface area contributed by atoms with E-state index < -0.39 is 23.3 Å². The molecule has 41 heavy (non-hydrogen) atoms. The molecule has 0 heterocycles. The van der Waals surface area contributed by atoms with Gasteiger partial charge in [0.1, 0.15) is 18.5 Å². The number of nitrogens with zero attached hydrogens (tertiary/aromatic N) is 1. The maximum atomic E-state index is 12.9. The molecule has 2 amide bonds. The first-order valence-corrected chi connectivity index (χ1v) is 12.9. The van der Waals surface area contributed by atoms with Crippen molar-refractivity contribution in [2.75, 3.05) is 13.2 Å². The molecule has 1 atom stereocenters. The second-order valence-corrected chi connectivity index (χ2v) is 9.31. The first kappa shape index (κ1) is 27.4. The predicted molar refractivity (Wildman–Crippen MR) is 150 cm³/mol. The van der Waals surface area contributed by atoms with E-state index in [9.17, 15) is 19.7 Å². The molecule has 0 radical (unpaired) electrons. The van der Waals surface area contributed by atoms with Gasteiger partial charge in [-0.25, -0.2) is 9.59 Å². The third-order valence-electron chi connectivity index (χ3n) is 6.58. The number of alkyl carbamates (subject to hydrolysis) is 1. The molecule has 10 heteroatoms. The largest absolute Gasteiger partial charge is 0.449 e. The number of carbonyl (C=O) groups is 2. The lowest BCUT2D eigenvalue weighted by molar-refractivity contribution is -0.384. The van der Waals surface area contributed by atoms with Gasteiger partial charge in [0.25, 0.3) is 5.69 Å². The Balaban J connectivity index is 1.21. The van der Waals surface area contributed by atoms with Crippen LogP contribution in [0, 0.1) is 10.1 Å². The molecular formula is C31H27N3O7. The summed E-state index contributed by atoms with van der Waals surface area (Å²) in [5, 5.41) is 16.0. The Morgan fingerprint density at radius 3 is 2.00 bits per heavy atom. The second kappa shape index (κ2) is 12.8. The van der Waals surface area contributed by atoms with Gasteiger partial charge in [-0.1, -0.05) is 78.9 Å². The minimum absolute atomic E-state index is 0.0749. The van der Waals surface area contributed by atoms with Crippen molar-refractivity contribution in [3.8, 4) is 16.9 Å². The Bertz CT molecular complexity index is 1480. The van der Waals surface area contributed by atoms with Crippen LogP contribution in [-0.4, -0.2) is 36.5 Å². The van der Waals surface area contributed by atoms with E-state index in [-0.39, 0.29) is 37.2 Å². The van der Waals surface area contributed by atoms with Crippen LogP contribution in [0.5, 0.6) is 5.75 Å². The lowest BCUT2D eigenvalue weighted by Crippen LogP contribution is -2.51. The Hall–Kier alpha value is -5.22. The van der Waals surface area contributed by atoms with E-state index in [0.717, 1.165) is 27.8 Å². The van der Waals surface area contributed by atoms with Crippen LogP contribution in [0.4, 0.5) is 15.3 Å². The molecule has 0 spiro atoms. The lowest BCUT2D eigenvalue weighted by atomic mass is 9.98. The molecule has 0 bridgehead atoms. The standard InChI is InChI=1S/C31H27N3O7/c35-30(40-19-28-26-12-6-4-10-24(26)25-11-5-7-13-27(25)28)32-29(20-39-18-21-8-2-1-3-9-21)33-31(36)41-23-16-14-22(15-17-23)34(37)38/h1-17,28-29H,18-20H2,(H,32,35)(H,33,36)/t29-/m0/s1. The molecular weight excluding hydrogens is 526 g/mol. The normalized spacial score (nSPS) is 12.5. The van der Waals surface area contributed by atoms with Crippen LogP contribution in [0.15, 0.2) is 103 Å². The average Bonchev–Trinajstić information content (AvgIpc) is 3.30. The van der Waals surface area contributed by atoms with Crippen molar-refractivity contribution in [1.29, 1.82) is 0 Å². The molecule has 4 aromatic carbocycles. The number of amides is 2. The lowest BCUT2D eigenvalue weighted by Gasteiger charge is -2.21. The van der Waals surface area contributed by atoms with Crippen molar-refractivity contribution in [1.82, 2.24) is 10.6 Å². The fourth-order valence-electron chi connectivity index (χ4n) is 4.69. The number of carbonyl (C=O) groups excluding carboxylic acids is 2. The fraction of sp³-hybridized carbons (Fsp3) is 0.161. The topological polar surface area (TPSA) is 129 Å². The number of ether oxygens (including phenoxy) is 3. The number of fused-ring (bicyclic) bond motifs is 3. The van der Waals surface area contributed by atoms with Crippen LogP contribution in [0.2, 0.25) is 0 Å². The summed E-state index contributed by atoms with van der Waals surface area (Å²) in [6.07, 6.45) is -2.61. The molecule has 10 nitrogen and oxygen atoms in total. The molecule has 208 valence electrons. The third-order valence-corrected chi connectivity index (χ3v) is 6.58. The van der Waals surface area contributed by atoms with Gasteiger partial charge < -0.3 is 14.2 Å². The van der Waals surface area contributed by atoms with Gasteiger partial charge in [-0.3, -0.25) is 20.7 Å². The van der Waals surface area contributed by atoms with Crippen LogP contribution in [0.1, 0.15) is 22.6 Å². The Labute approximate surface area is 236 Å². The third kappa shape index (κ3) is 6.87. The van der Waals surface area contributed by atoms with E-state index in [1.165, 1.54) is 24.3 Å². The summed E-state index contributed by atoms with van der Waals surface area (Å²) >= 11 is 0. The molecule has 0 saturated carbocycles. The van der Waals surface area contributed by atoms with Crippen LogP contribution in [0.3, 0.4) is 0 Å². The molecule has 0 fully saturated rings. The van der Waals surface area contributed by atoms with Gasteiger partial charge in [0, 0.05) is 18.1 Å². The molecule has 1 aliphatic carbocycles. The maximum Gasteiger partial charge on any atom is 0.414 e. The molecule has 0 saturated heterocycles. The van der Waals surface area contributed by atoms with Crippen molar-refractivity contribution < 1.29 is 28.7 Å². The van der Waals surface area contributed by atoms with Gasteiger partial charge in [0.15, 0.2) is 0 Å². The van der Waals surface area contributed by atoms with E-state index in [1.54, 1.807) is 0 Å². The Kier molecular flexibility index (Phi) is 8.51. The van der Waals surface area contributed by atoms with Crippen molar-refractivity contribution in [2.45, 2.75) is 18.7 Å². The van der Waals surface area contributed by atoms with Crippen molar-refractivity contribution in [3.63, 3.8) is 0 Å². The summed E-state index contributed by atoms with van der Waals surface area (Å²) in [6, 6.07) is 30.5. The van der Waals surface area contributed by atoms with Gasteiger partial charge in [0.05, 0.1) is 18.1 Å². The van der Waals surface area contributed by atoms with Gasteiger partial charge in [-0.05, 0) is 39.9 Å². The zero-order valence-electron chi connectivity index (χ0n) is 21.9. The maximum absolute atomic E-state index is 12.9. The highest BCUT2D eigenvalue weighted by Gasteiger charge is 2.29. The Morgan fingerprint density at radius 2 is 1.37 bits per heavy atom. The first-order chi connectivity index (χ1) is 20.0. The van der Waals surface area contributed by atoms with Crippen molar-refractivity contribution in [2.24, 2.45) is 0 Å². The van der Waals surface area contributed by atoms with E-state index >= 15 is 0 Å². The number of benzene rings is 4. The minimum Gasteiger partial charge on any atom is -0.449 e. The minimum atomic E-state index is -0.986. The summed E-state index contributed by atoms with van der Waals surface area (Å²) < 4.78 is 16.6. The highest BCUT2D eigenvalue weighted by atomic mass is 16.6. The van der Waals surface area contributed by atoms with Crippen molar-refractivity contribution in [3.05, 3.63) is 130 Å². The molecule has 1 aliphatic rings. The quantitative estimate of drug-likeness (QED) is 0.145. The van der Waals surface area contributed by atoms with Crippen LogP contribution >= 0.6 is 0 Å². The predicted octanol–water partition coefficient (Wildman–Crippen LogP) is 5.76. The number of non-ortho nitro benzene ring substituents is 1. The number of nitro groups is 1. The summed E-state index contributed by atoms with van der Waals surface area (Å²) in [5.74, 6) is -0.0285. The first-order valence-electron chi connectivity index (χ1n) is 12.9. The average molecular weight is 554 g/mol. The van der Waals surface area contributed by atoms with Crippen LogP contribution in [0.25, 0.3) is 11.1 Å². The van der Waals surface area contributed by atoms with Crippen LogP contribution < -0.4 is 15.4 Å². The van der Waals surface area contributed by atoms with E-state index in [4.69, 9.17) is 14.2 Å². The summed E-state index contributed by atoms with van der Waals surface area (Å²) in [4.78, 5) is 35.8. The second-order valence-electron chi connectivity index (χ2n) is 9.31. The Morgan fingerprint density at radius 1 is 0.780 bits per heavy atom. The molecule has 0 unspecified atom stereocenters. The fourth-order valence-corrected chi connectivity index (χ4v) is 4.69. The zero-order valence-corrected chi connectivity index (χ0v) is 21.9. The number of rotatable bonds is 10. The van der Waals surface area contributed by atoms with Crippen LogP contribution in [-0.2, 0) is 16.1 Å². The van der Waals surface area contributed by atoms with E-state index in [2.05, 4.69) is 22.8 Å². The van der Waals surface area contributed by atoms with E-state index in [0.29, 0.717) is 0 Å². The highest BCUT2D eigenvalue weighted by molar-refractivity contribution is 5.79. The molecule has 4 aromatic rings. The molecule has 2 N–H and O–H groups in total. The molecule has 0 aliphatic heterocycles. The van der Waals surface area contributed by atoms with Crippen molar-refractivity contribution >= 4 is 17.9 Å². The van der Waals surface area contributed by atoms with Gasteiger partial charge in [0.2, 0.25) is 0 Å². The monoisotopic (exact) mass is 553 g/mol. The number of nitro benzene ring substituents is 1. The number of hydrogen-bond donors (Lipinski definition) is 2. The summed E-state index contributed by atoms with van der Waals surface area (Å²) in [6.45, 7) is 0.280. The summed E-state index contributed by atoms with van der Waals surface area (Å²) in [7, 11) is 0. The number of nitrogens with one attached hydrogen (secondary N) is 2. The zero-order chi connectivity index (χ0) is 28.6. The van der Waals surface area contributed by atoms with Gasteiger partial charge in [-0.2, -0.15) is 0 Å². The number of hydrogen-bond acceptors (Lipinski definition) is 7. The molecule has 0 aromatic heterocycles. The molecule has 5 rings (SSSR count). The summed E-state index contributed by atoms with van der Waals surface area (Å²) in [5.41, 5.74) is 5.16. The van der Waals surface area contributed by atoms with Gasteiger partial charge >= 0.3 is 12.2 Å². The SMILES string of the molecule is O=C(N[C@H](COCc1ccccc1)NC(=O)Oc1ccc([N+](=O)[O-])cc1)OCC1c2ccccc2-c2ccccc21.